The summed E-state index contributed by atoms with van der Waals surface area (Å²) in [5, 5.41) is 11.4. The SMILES string of the molecule is Cc1ccc(S(=O)(=O)N2CCc3cc(C(C)(C)C)ccc3C(O)[C@H]2CC(C)C)cc1. The van der Waals surface area contributed by atoms with Crippen molar-refractivity contribution in [1.82, 2.24) is 4.31 Å². The zero-order valence-corrected chi connectivity index (χ0v) is 19.8. The van der Waals surface area contributed by atoms with Gasteiger partial charge in [-0.15, -0.1) is 0 Å². The van der Waals surface area contributed by atoms with Crippen LogP contribution in [0.3, 0.4) is 0 Å². The molecule has 0 aliphatic carbocycles. The summed E-state index contributed by atoms with van der Waals surface area (Å²) in [6, 6.07) is 12.7. The Bertz CT molecular complexity index is 988. The lowest BCUT2D eigenvalue weighted by molar-refractivity contribution is 0.0824. The first-order valence-electron chi connectivity index (χ1n) is 10.8. The van der Waals surface area contributed by atoms with Gasteiger partial charge in [-0.2, -0.15) is 4.31 Å². The summed E-state index contributed by atoms with van der Waals surface area (Å²) in [6.07, 6.45) is 0.349. The Morgan fingerprint density at radius 1 is 1.10 bits per heavy atom. The molecule has 2 aromatic rings. The normalized spacial score (nSPS) is 20.8. The molecule has 1 heterocycles. The van der Waals surface area contributed by atoms with Gasteiger partial charge in [0.15, 0.2) is 0 Å². The van der Waals surface area contributed by atoms with Crippen molar-refractivity contribution in [2.45, 2.75) is 76.8 Å². The van der Waals surface area contributed by atoms with Crippen LogP contribution in [0.15, 0.2) is 47.4 Å². The lowest BCUT2D eigenvalue weighted by Crippen LogP contribution is -2.44. The molecule has 0 bridgehead atoms. The van der Waals surface area contributed by atoms with E-state index in [2.05, 4.69) is 46.8 Å². The molecule has 0 radical (unpaired) electrons. The second-order valence-corrected chi connectivity index (χ2v) is 11.9. The minimum Gasteiger partial charge on any atom is -0.387 e. The zero-order chi connectivity index (χ0) is 22.3. The molecule has 4 nitrogen and oxygen atoms in total. The van der Waals surface area contributed by atoms with E-state index in [1.165, 1.54) is 5.56 Å². The van der Waals surface area contributed by atoms with Gasteiger partial charge in [0.25, 0.3) is 0 Å². The van der Waals surface area contributed by atoms with Crippen LogP contribution in [0.1, 0.15) is 69.4 Å². The van der Waals surface area contributed by atoms with E-state index in [9.17, 15) is 13.5 Å². The summed E-state index contributed by atoms with van der Waals surface area (Å²) in [5.41, 5.74) is 4.12. The van der Waals surface area contributed by atoms with Gasteiger partial charge in [0.05, 0.1) is 17.0 Å². The second-order valence-electron chi connectivity index (χ2n) is 9.98. The number of fused-ring (bicyclic) bond motifs is 1. The van der Waals surface area contributed by atoms with Gasteiger partial charge in [-0.1, -0.05) is 70.5 Å². The third kappa shape index (κ3) is 4.63. The summed E-state index contributed by atoms with van der Waals surface area (Å²) >= 11 is 0. The average molecular weight is 430 g/mol. The van der Waals surface area contributed by atoms with Gasteiger partial charge in [-0.05, 0) is 59.9 Å². The van der Waals surface area contributed by atoms with E-state index in [1.54, 1.807) is 16.4 Å². The number of benzene rings is 2. The fourth-order valence-corrected chi connectivity index (χ4v) is 5.85. The molecule has 164 valence electrons. The number of sulfonamides is 1. The fraction of sp³-hybridized carbons (Fsp3) is 0.520. The van der Waals surface area contributed by atoms with Crippen molar-refractivity contribution in [1.29, 1.82) is 0 Å². The molecule has 0 aromatic heterocycles. The van der Waals surface area contributed by atoms with Gasteiger partial charge >= 0.3 is 0 Å². The zero-order valence-electron chi connectivity index (χ0n) is 19.0. The summed E-state index contributed by atoms with van der Waals surface area (Å²) < 4.78 is 28.7. The highest BCUT2D eigenvalue weighted by molar-refractivity contribution is 7.89. The van der Waals surface area contributed by atoms with Crippen LogP contribution in [0.2, 0.25) is 0 Å². The quantitative estimate of drug-likeness (QED) is 0.745. The van der Waals surface area contributed by atoms with E-state index in [4.69, 9.17) is 0 Å². The number of aliphatic hydroxyl groups excluding tert-OH is 1. The minimum atomic E-state index is -3.71. The molecular formula is C25H35NO3S. The molecule has 2 aromatic carbocycles. The maximum atomic E-state index is 13.6. The molecule has 0 saturated heterocycles. The van der Waals surface area contributed by atoms with Gasteiger partial charge in [0.2, 0.25) is 10.0 Å². The second kappa shape index (κ2) is 8.45. The Morgan fingerprint density at radius 2 is 1.73 bits per heavy atom. The van der Waals surface area contributed by atoms with Crippen molar-refractivity contribution in [2.75, 3.05) is 6.54 Å². The third-order valence-corrected chi connectivity index (χ3v) is 7.94. The number of aliphatic hydroxyl groups is 1. The Hall–Kier alpha value is -1.69. The van der Waals surface area contributed by atoms with Gasteiger partial charge < -0.3 is 5.11 Å². The lowest BCUT2D eigenvalue weighted by Gasteiger charge is -2.33. The number of aryl methyl sites for hydroxylation is 1. The summed E-state index contributed by atoms with van der Waals surface area (Å²) in [4.78, 5) is 0.287. The molecule has 0 fully saturated rings. The Labute approximate surface area is 182 Å². The molecule has 0 amide bonds. The van der Waals surface area contributed by atoms with Crippen LogP contribution in [0.25, 0.3) is 0 Å². The Balaban J connectivity index is 2.07. The molecule has 2 atom stereocenters. The monoisotopic (exact) mass is 429 g/mol. The van der Waals surface area contributed by atoms with Crippen LogP contribution in [-0.4, -0.2) is 30.4 Å². The average Bonchev–Trinajstić information content (AvgIpc) is 2.78. The largest absolute Gasteiger partial charge is 0.387 e. The molecule has 1 unspecified atom stereocenters. The lowest BCUT2D eigenvalue weighted by atomic mass is 9.83. The van der Waals surface area contributed by atoms with Gasteiger partial charge in [0, 0.05) is 6.54 Å². The fourth-order valence-electron chi connectivity index (χ4n) is 4.21. The molecule has 0 spiro atoms. The van der Waals surface area contributed by atoms with Gasteiger partial charge in [-0.25, -0.2) is 8.42 Å². The van der Waals surface area contributed by atoms with E-state index in [-0.39, 0.29) is 16.2 Å². The van der Waals surface area contributed by atoms with E-state index < -0.39 is 22.2 Å². The van der Waals surface area contributed by atoms with Crippen molar-refractivity contribution in [3.05, 3.63) is 64.7 Å². The summed E-state index contributed by atoms with van der Waals surface area (Å²) in [6.45, 7) is 12.9. The molecule has 5 heteroatoms. The molecule has 1 aliphatic rings. The maximum absolute atomic E-state index is 13.6. The van der Waals surface area contributed by atoms with Crippen LogP contribution in [0.4, 0.5) is 0 Å². The highest BCUT2D eigenvalue weighted by atomic mass is 32.2. The highest BCUT2D eigenvalue weighted by Gasteiger charge is 2.39. The number of hydrogen-bond acceptors (Lipinski definition) is 3. The topological polar surface area (TPSA) is 57.6 Å². The number of nitrogens with zero attached hydrogens (tertiary/aromatic N) is 1. The first-order valence-corrected chi connectivity index (χ1v) is 12.2. The van der Waals surface area contributed by atoms with Crippen molar-refractivity contribution >= 4 is 10.0 Å². The summed E-state index contributed by atoms with van der Waals surface area (Å²) in [7, 11) is -3.71. The predicted octanol–water partition coefficient (Wildman–Crippen LogP) is 4.99. The third-order valence-electron chi connectivity index (χ3n) is 6.00. The smallest absolute Gasteiger partial charge is 0.243 e. The van der Waals surface area contributed by atoms with Crippen molar-refractivity contribution in [3.63, 3.8) is 0 Å². The Morgan fingerprint density at radius 3 is 2.30 bits per heavy atom. The van der Waals surface area contributed by atoms with Crippen LogP contribution in [0, 0.1) is 12.8 Å². The van der Waals surface area contributed by atoms with E-state index in [1.807, 2.05) is 25.1 Å². The molecule has 3 rings (SSSR count). The van der Waals surface area contributed by atoms with Crippen LogP contribution in [0.5, 0.6) is 0 Å². The highest BCUT2D eigenvalue weighted by Crippen LogP contribution is 2.37. The van der Waals surface area contributed by atoms with Crippen LogP contribution in [-0.2, 0) is 21.9 Å². The Kier molecular flexibility index (Phi) is 6.47. The molecule has 30 heavy (non-hydrogen) atoms. The van der Waals surface area contributed by atoms with Crippen molar-refractivity contribution < 1.29 is 13.5 Å². The van der Waals surface area contributed by atoms with Crippen LogP contribution < -0.4 is 0 Å². The first kappa shape index (κ1) is 23.0. The number of rotatable bonds is 4. The minimum absolute atomic E-state index is 0.00270. The van der Waals surface area contributed by atoms with E-state index in [0.717, 1.165) is 16.7 Å². The molecule has 1 N–H and O–H groups in total. The van der Waals surface area contributed by atoms with E-state index >= 15 is 0 Å². The molecule has 0 saturated carbocycles. The van der Waals surface area contributed by atoms with Gasteiger partial charge in [-0.3, -0.25) is 0 Å². The van der Waals surface area contributed by atoms with Crippen LogP contribution >= 0.6 is 0 Å². The summed E-state index contributed by atoms with van der Waals surface area (Å²) in [5.74, 6) is 0.260. The van der Waals surface area contributed by atoms with Gasteiger partial charge in [0.1, 0.15) is 0 Å². The standard InChI is InChI=1S/C25H35NO3S/c1-17(2)15-23-24(27)22-12-9-20(25(4,5)6)16-19(22)13-14-26(23)30(28,29)21-10-7-18(3)8-11-21/h7-12,16-17,23-24,27H,13-15H2,1-6H3/t23-,24?/m1/s1. The van der Waals surface area contributed by atoms with Crippen molar-refractivity contribution in [3.8, 4) is 0 Å². The van der Waals surface area contributed by atoms with Crippen molar-refractivity contribution in [2.24, 2.45) is 5.92 Å². The van der Waals surface area contributed by atoms with E-state index in [0.29, 0.717) is 19.4 Å². The molecule has 1 aliphatic heterocycles. The first-order chi connectivity index (χ1) is 13.9. The number of hydrogen-bond donors (Lipinski definition) is 1. The predicted molar refractivity (Wildman–Crippen MR) is 122 cm³/mol. The maximum Gasteiger partial charge on any atom is 0.243 e. The molecular weight excluding hydrogens is 394 g/mol.